The summed E-state index contributed by atoms with van der Waals surface area (Å²) in [7, 11) is 3.05. The maximum atomic E-state index is 12.4. The van der Waals surface area contributed by atoms with Crippen molar-refractivity contribution in [2.45, 2.75) is 32.9 Å². The van der Waals surface area contributed by atoms with Gasteiger partial charge in [0.15, 0.2) is 0 Å². The van der Waals surface area contributed by atoms with E-state index >= 15 is 0 Å². The third-order valence-corrected chi connectivity index (χ3v) is 3.54. The van der Waals surface area contributed by atoms with Crippen molar-refractivity contribution in [3.05, 3.63) is 28.3 Å². The number of hydrogen-bond acceptors (Lipinski definition) is 6. The Morgan fingerprint density at radius 3 is 2.48 bits per heavy atom. The zero-order valence-corrected chi connectivity index (χ0v) is 15.0. The van der Waals surface area contributed by atoms with Crippen LogP contribution in [0.1, 0.15) is 20.8 Å². The van der Waals surface area contributed by atoms with Crippen LogP contribution in [0.2, 0.25) is 0 Å². The lowest BCUT2D eigenvalue weighted by atomic mass is 10.2. The number of methoxy groups -OCH3 is 1. The molecular formula is C16H24N4O5. The fourth-order valence-electron chi connectivity index (χ4n) is 2.08. The number of nitrogens with zero attached hydrogens (tertiary/aromatic N) is 2. The van der Waals surface area contributed by atoms with Crippen molar-refractivity contribution >= 4 is 23.2 Å². The van der Waals surface area contributed by atoms with E-state index in [0.29, 0.717) is 5.75 Å². The molecule has 0 aliphatic heterocycles. The topological polar surface area (TPSA) is 114 Å². The number of ether oxygens (including phenoxy) is 1. The molecule has 0 unspecified atom stereocenters. The van der Waals surface area contributed by atoms with Gasteiger partial charge in [0.2, 0.25) is 11.8 Å². The molecule has 0 saturated carbocycles. The number of non-ortho nitro benzene ring substituents is 1. The highest BCUT2D eigenvalue weighted by Gasteiger charge is 2.22. The molecule has 1 aromatic carbocycles. The second-order valence-corrected chi connectivity index (χ2v) is 5.94. The largest absolute Gasteiger partial charge is 0.495 e. The Bertz CT molecular complexity index is 647. The number of nitrogens with one attached hydrogen (secondary N) is 2. The molecule has 0 bridgehead atoms. The normalized spacial score (nSPS) is 12.0. The molecule has 138 valence electrons. The summed E-state index contributed by atoms with van der Waals surface area (Å²) < 4.78 is 5.11. The second-order valence-electron chi connectivity index (χ2n) is 5.94. The number of anilines is 1. The first kappa shape index (κ1) is 20.4. The van der Waals surface area contributed by atoms with Gasteiger partial charge in [0.1, 0.15) is 5.75 Å². The van der Waals surface area contributed by atoms with Gasteiger partial charge in [-0.1, -0.05) is 0 Å². The van der Waals surface area contributed by atoms with Crippen molar-refractivity contribution < 1.29 is 19.2 Å². The van der Waals surface area contributed by atoms with Gasteiger partial charge in [-0.3, -0.25) is 24.6 Å². The minimum absolute atomic E-state index is 0.0131. The quantitative estimate of drug-likeness (QED) is 0.540. The molecule has 0 fully saturated rings. The van der Waals surface area contributed by atoms with Crippen molar-refractivity contribution in [1.82, 2.24) is 10.2 Å². The minimum atomic E-state index is -0.623. The molecule has 25 heavy (non-hydrogen) atoms. The van der Waals surface area contributed by atoms with Crippen LogP contribution >= 0.6 is 0 Å². The van der Waals surface area contributed by atoms with Gasteiger partial charge in [-0.2, -0.15) is 0 Å². The van der Waals surface area contributed by atoms with Crippen LogP contribution in [0.3, 0.4) is 0 Å². The average molecular weight is 352 g/mol. The Hall–Kier alpha value is -2.68. The lowest BCUT2D eigenvalue weighted by Crippen LogP contribution is -2.46. The fourth-order valence-corrected chi connectivity index (χ4v) is 2.08. The van der Waals surface area contributed by atoms with E-state index in [1.165, 1.54) is 25.3 Å². The summed E-state index contributed by atoms with van der Waals surface area (Å²) >= 11 is 0. The third kappa shape index (κ3) is 6.03. The summed E-state index contributed by atoms with van der Waals surface area (Å²) in [6.07, 6.45) is 0. The zero-order valence-electron chi connectivity index (χ0n) is 15.0. The highest BCUT2D eigenvalue weighted by atomic mass is 16.6. The van der Waals surface area contributed by atoms with Gasteiger partial charge >= 0.3 is 0 Å². The van der Waals surface area contributed by atoms with Crippen LogP contribution in [-0.2, 0) is 9.59 Å². The summed E-state index contributed by atoms with van der Waals surface area (Å²) in [6, 6.07) is 3.33. The van der Waals surface area contributed by atoms with Gasteiger partial charge in [0.05, 0.1) is 30.3 Å². The highest BCUT2D eigenvalue weighted by molar-refractivity contribution is 5.96. The van der Waals surface area contributed by atoms with Crippen LogP contribution in [0, 0.1) is 10.1 Å². The molecule has 9 heteroatoms. The highest BCUT2D eigenvalue weighted by Crippen LogP contribution is 2.29. The first-order valence-corrected chi connectivity index (χ1v) is 7.78. The molecule has 0 spiro atoms. The van der Waals surface area contributed by atoms with Crippen molar-refractivity contribution in [2.24, 2.45) is 0 Å². The molecule has 0 radical (unpaired) electrons. The Morgan fingerprint density at radius 2 is 1.96 bits per heavy atom. The number of hydrogen-bond donors (Lipinski definition) is 2. The second kappa shape index (κ2) is 8.97. The number of rotatable bonds is 8. The summed E-state index contributed by atoms with van der Waals surface area (Å²) in [5, 5.41) is 16.2. The summed E-state index contributed by atoms with van der Waals surface area (Å²) in [5.41, 5.74) is 0.0435. The molecule has 0 aliphatic carbocycles. The first-order valence-electron chi connectivity index (χ1n) is 7.78. The van der Waals surface area contributed by atoms with Crippen molar-refractivity contribution in [1.29, 1.82) is 0 Å². The summed E-state index contributed by atoms with van der Waals surface area (Å²) in [5.74, 6) is -0.282. The minimum Gasteiger partial charge on any atom is -0.495 e. The molecule has 0 heterocycles. The first-order chi connectivity index (χ1) is 11.6. The predicted molar refractivity (Wildman–Crippen MR) is 93.6 cm³/mol. The van der Waals surface area contributed by atoms with Crippen LogP contribution in [-0.4, -0.2) is 54.4 Å². The SMILES string of the molecule is COc1ccc([N+](=O)[O-])cc1NC(=O)[C@H](C)N(C)CC(=O)NC(C)C. The van der Waals surface area contributed by atoms with E-state index in [4.69, 9.17) is 4.74 Å². The van der Waals surface area contributed by atoms with Gasteiger partial charge in [0, 0.05) is 18.2 Å². The lowest BCUT2D eigenvalue weighted by Gasteiger charge is -2.24. The van der Waals surface area contributed by atoms with Crippen molar-refractivity contribution in [3.63, 3.8) is 0 Å². The van der Waals surface area contributed by atoms with Gasteiger partial charge in [0.25, 0.3) is 5.69 Å². The van der Waals surface area contributed by atoms with E-state index in [9.17, 15) is 19.7 Å². The fraction of sp³-hybridized carbons (Fsp3) is 0.500. The van der Waals surface area contributed by atoms with Crippen LogP contribution in [0.15, 0.2) is 18.2 Å². The Kier molecular flexibility index (Phi) is 7.31. The Morgan fingerprint density at radius 1 is 1.32 bits per heavy atom. The van der Waals surface area contributed by atoms with Crippen LogP contribution < -0.4 is 15.4 Å². The number of nitro benzene ring substituents is 1. The van der Waals surface area contributed by atoms with E-state index in [1.807, 2.05) is 13.8 Å². The van der Waals surface area contributed by atoms with E-state index in [-0.39, 0.29) is 29.9 Å². The maximum Gasteiger partial charge on any atom is 0.271 e. The maximum absolute atomic E-state index is 12.4. The number of carbonyl (C=O) groups is 2. The molecule has 1 aromatic rings. The smallest absolute Gasteiger partial charge is 0.271 e. The van der Waals surface area contributed by atoms with Crippen molar-refractivity contribution in [2.75, 3.05) is 26.0 Å². The molecule has 1 atom stereocenters. The van der Waals surface area contributed by atoms with Crippen LogP contribution in [0.5, 0.6) is 5.75 Å². The van der Waals surface area contributed by atoms with Crippen LogP contribution in [0.25, 0.3) is 0 Å². The number of likely N-dealkylation sites (N-methyl/N-ethyl adjacent to an activating group) is 1. The number of nitro groups is 1. The molecule has 2 N–H and O–H groups in total. The van der Waals surface area contributed by atoms with E-state index in [1.54, 1.807) is 18.9 Å². The predicted octanol–water partition coefficient (Wildman–Crippen LogP) is 1.39. The van der Waals surface area contributed by atoms with Gasteiger partial charge < -0.3 is 15.4 Å². The molecule has 9 nitrogen and oxygen atoms in total. The monoisotopic (exact) mass is 352 g/mol. The van der Waals surface area contributed by atoms with Crippen LogP contribution in [0.4, 0.5) is 11.4 Å². The molecule has 0 aliphatic rings. The standard InChI is InChI=1S/C16H24N4O5/c1-10(2)17-15(21)9-19(4)11(3)16(22)18-13-8-12(20(23)24)6-7-14(13)25-5/h6-8,10-11H,9H2,1-5H3,(H,17,21)(H,18,22)/t11-/m0/s1. The Balaban J connectivity index is 2.82. The molecule has 0 saturated heterocycles. The number of amides is 2. The van der Waals surface area contributed by atoms with Gasteiger partial charge in [-0.25, -0.2) is 0 Å². The third-order valence-electron chi connectivity index (χ3n) is 3.54. The Labute approximate surface area is 146 Å². The van der Waals surface area contributed by atoms with Gasteiger partial charge in [-0.05, 0) is 33.9 Å². The molecule has 2 amide bonds. The molecule has 1 rings (SSSR count). The lowest BCUT2D eigenvalue weighted by molar-refractivity contribution is -0.384. The summed E-state index contributed by atoms with van der Waals surface area (Å²) in [4.78, 5) is 36.1. The van der Waals surface area contributed by atoms with E-state index < -0.39 is 16.9 Å². The number of carbonyl (C=O) groups excluding carboxylic acids is 2. The molecular weight excluding hydrogens is 328 g/mol. The summed E-state index contributed by atoms with van der Waals surface area (Å²) in [6.45, 7) is 5.39. The molecule has 0 aromatic heterocycles. The average Bonchev–Trinajstić information content (AvgIpc) is 2.52. The number of benzene rings is 1. The van der Waals surface area contributed by atoms with E-state index in [2.05, 4.69) is 10.6 Å². The van der Waals surface area contributed by atoms with Crippen molar-refractivity contribution in [3.8, 4) is 5.75 Å². The van der Waals surface area contributed by atoms with Gasteiger partial charge in [-0.15, -0.1) is 0 Å². The zero-order chi connectivity index (χ0) is 19.1. The van der Waals surface area contributed by atoms with E-state index in [0.717, 1.165) is 0 Å².